The molecule has 0 atom stereocenters. The summed E-state index contributed by atoms with van der Waals surface area (Å²) in [5.74, 6) is -2.88. The molecule has 3 aromatic heterocycles. The summed E-state index contributed by atoms with van der Waals surface area (Å²) in [6, 6.07) is 15.1. The summed E-state index contributed by atoms with van der Waals surface area (Å²) >= 11 is 0. The molecule has 18 heteroatoms. The molecule has 8 N–H and O–H groups in total. The number of aromatic nitrogens is 4. The topological polar surface area (TPSA) is 246 Å². The molecule has 2 aromatic carbocycles. The molecule has 0 spiro atoms. The van der Waals surface area contributed by atoms with Gasteiger partial charge in [-0.3, -0.25) is 28.8 Å². The molecule has 0 unspecified atom stereocenters. The minimum absolute atomic E-state index is 0.0161. The van der Waals surface area contributed by atoms with Gasteiger partial charge in [-0.15, -0.1) is 0 Å². The van der Waals surface area contributed by atoms with Crippen LogP contribution in [0.5, 0.6) is 0 Å². The predicted molar refractivity (Wildman–Crippen MR) is 230 cm³/mol. The Morgan fingerprint density at radius 3 is 1.84 bits per heavy atom. The summed E-state index contributed by atoms with van der Waals surface area (Å²) in [6.45, 7) is 2.51. The van der Waals surface area contributed by atoms with E-state index < -0.39 is 61.8 Å². The number of carboxylic acids is 1. The Morgan fingerprint density at radius 2 is 1.28 bits per heavy atom. The second-order valence-electron chi connectivity index (χ2n) is 15.1. The van der Waals surface area contributed by atoms with Crippen LogP contribution in [0, 0.1) is 0 Å². The van der Waals surface area contributed by atoms with Gasteiger partial charge in [0.05, 0.1) is 32.7 Å². The molecular formula is C43H57N11O7. The van der Waals surface area contributed by atoms with E-state index in [1.54, 1.807) is 26.2 Å². The maximum absolute atomic E-state index is 13.9. The number of carbonyl (C=O) groups excluding carboxylic acids is 5. The number of H-pyrrole nitrogens is 3. The van der Waals surface area contributed by atoms with Crippen LogP contribution >= 0.6 is 0 Å². The molecule has 61 heavy (non-hydrogen) atoms. The lowest BCUT2D eigenvalue weighted by Gasteiger charge is -2.29. The van der Waals surface area contributed by atoms with Gasteiger partial charge in [0.1, 0.15) is 12.4 Å². The highest BCUT2D eigenvalue weighted by atomic mass is 16.4. The number of imidazole rings is 1. The van der Waals surface area contributed by atoms with E-state index in [4.69, 9.17) is 5.73 Å². The van der Waals surface area contributed by atoms with Crippen LogP contribution in [0.15, 0.2) is 73.3 Å². The number of carbonyl (C=O) groups is 6. The standard InChI is InChI=1S/C43H57N11O7/c1-30(2)54(29-43(60)61)42(59)28-53(21-14-32-23-49-36-11-6-4-9-34(32)36)40(57)25-50-38(55)26-51(19-7-15-44)41(58)27-52(39(56)24-45-16-12-37-46-17-18-47-37)20-13-31-22-48-35-10-5-3-8-33(31)35/h3-6,8-11,17-18,22-23,30,45,48-49H,7,12-16,19-21,24-29,44H2,1-2H3,(H,46,47)(H,50,55)(H,60,61). The molecule has 0 radical (unpaired) electrons. The molecule has 0 saturated heterocycles. The van der Waals surface area contributed by atoms with Crippen LogP contribution in [0.3, 0.4) is 0 Å². The maximum Gasteiger partial charge on any atom is 0.323 e. The SMILES string of the molecule is CC(C)N(CC(=O)O)C(=O)CN(CCc1c[nH]c2ccccc12)C(=O)CNC(=O)CN(CCCN)C(=O)CN(CCc1c[nH]c2ccccc12)C(=O)CNCCc1ncc[nH]1. The number of rotatable bonds is 25. The van der Waals surface area contributed by atoms with Crippen LogP contribution < -0.4 is 16.4 Å². The van der Waals surface area contributed by atoms with Crippen molar-refractivity contribution in [3.63, 3.8) is 0 Å². The highest BCUT2D eigenvalue weighted by Crippen LogP contribution is 2.20. The number of nitrogens with two attached hydrogens (primary N) is 1. The largest absolute Gasteiger partial charge is 0.480 e. The molecule has 0 aliphatic carbocycles. The van der Waals surface area contributed by atoms with E-state index in [2.05, 4.69) is 30.6 Å². The van der Waals surface area contributed by atoms with Gasteiger partial charge in [-0.1, -0.05) is 36.4 Å². The number of aromatic amines is 3. The zero-order valence-corrected chi connectivity index (χ0v) is 34.8. The minimum Gasteiger partial charge on any atom is -0.480 e. The lowest BCUT2D eigenvalue weighted by atomic mass is 10.1. The third-order valence-corrected chi connectivity index (χ3v) is 10.4. The van der Waals surface area contributed by atoms with E-state index in [-0.39, 0.29) is 45.2 Å². The smallest absolute Gasteiger partial charge is 0.323 e. The van der Waals surface area contributed by atoms with Crippen molar-refractivity contribution in [1.82, 2.24) is 50.2 Å². The van der Waals surface area contributed by atoms with Crippen molar-refractivity contribution in [2.24, 2.45) is 5.73 Å². The quantitative estimate of drug-likeness (QED) is 0.0415. The molecule has 5 rings (SSSR count). The molecule has 0 fully saturated rings. The fourth-order valence-corrected chi connectivity index (χ4v) is 7.03. The summed E-state index contributed by atoms with van der Waals surface area (Å²) in [7, 11) is 0. The predicted octanol–water partition coefficient (Wildman–Crippen LogP) is 1.26. The van der Waals surface area contributed by atoms with E-state index >= 15 is 0 Å². The molecule has 326 valence electrons. The number of benzene rings is 2. The molecular weight excluding hydrogens is 783 g/mol. The summed E-state index contributed by atoms with van der Waals surface area (Å²) < 4.78 is 0. The first kappa shape index (κ1) is 45.6. The van der Waals surface area contributed by atoms with Gasteiger partial charge in [0.25, 0.3) is 0 Å². The van der Waals surface area contributed by atoms with Crippen molar-refractivity contribution in [3.8, 4) is 0 Å². The van der Waals surface area contributed by atoms with Crippen LogP contribution in [-0.2, 0) is 48.0 Å². The molecule has 0 aliphatic heterocycles. The van der Waals surface area contributed by atoms with Gasteiger partial charge in [0.15, 0.2) is 0 Å². The number of hydrogen-bond acceptors (Lipinski definition) is 9. The first-order valence-corrected chi connectivity index (χ1v) is 20.5. The van der Waals surface area contributed by atoms with Crippen LogP contribution in [0.1, 0.15) is 37.2 Å². The zero-order valence-electron chi connectivity index (χ0n) is 34.8. The fourth-order valence-electron chi connectivity index (χ4n) is 7.03. The van der Waals surface area contributed by atoms with Crippen LogP contribution in [0.25, 0.3) is 21.8 Å². The van der Waals surface area contributed by atoms with E-state index in [9.17, 15) is 33.9 Å². The zero-order chi connectivity index (χ0) is 43.7. The maximum atomic E-state index is 13.9. The van der Waals surface area contributed by atoms with Gasteiger partial charge in [-0.05, 0) is 62.9 Å². The Bertz CT molecular complexity index is 2230. The molecule has 3 heterocycles. The number of nitrogens with zero attached hydrogens (tertiary/aromatic N) is 5. The minimum atomic E-state index is -1.18. The number of aliphatic carboxylic acids is 1. The molecule has 18 nitrogen and oxygen atoms in total. The van der Waals surface area contributed by atoms with E-state index in [1.165, 1.54) is 19.6 Å². The second-order valence-corrected chi connectivity index (χ2v) is 15.1. The highest BCUT2D eigenvalue weighted by molar-refractivity contribution is 5.92. The molecule has 5 amide bonds. The average Bonchev–Trinajstić information content (AvgIpc) is 4.02. The number of fused-ring (bicyclic) bond motifs is 2. The third kappa shape index (κ3) is 13.5. The van der Waals surface area contributed by atoms with Crippen molar-refractivity contribution in [1.29, 1.82) is 0 Å². The van der Waals surface area contributed by atoms with Gasteiger partial charge in [0.2, 0.25) is 29.5 Å². The van der Waals surface area contributed by atoms with Crippen molar-refractivity contribution in [2.45, 2.75) is 45.6 Å². The summed E-state index contributed by atoms with van der Waals surface area (Å²) in [4.78, 5) is 98.6. The second kappa shape index (κ2) is 22.7. The molecule has 0 bridgehead atoms. The van der Waals surface area contributed by atoms with Crippen molar-refractivity contribution in [3.05, 3.63) is 90.3 Å². The monoisotopic (exact) mass is 839 g/mol. The Hall–Kier alpha value is -6.53. The summed E-state index contributed by atoms with van der Waals surface area (Å²) in [6.07, 6.45) is 8.95. The Kier molecular flexibility index (Phi) is 17.0. The van der Waals surface area contributed by atoms with E-state index in [1.807, 2.05) is 60.9 Å². The van der Waals surface area contributed by atoms with Gasteiger partial charge in [-0.25, -0.2) is 4.98 Å². The normalized spacial score (nSPS) is 11.2. The van der Waals surface area contributed by atoms with Crippen molar-refractivity contribution < 1.29 is 33.9 Å². The van der Waals surface area contributed by atoms with Gasteiger partial charge >= 0.3 is 5.97 Å². The fraction of sp³-hybridized carbons (Fsp3) is 0.419. The highest BCUT2D eigenvalue weighted by Gasteiger charge is 2.27. The van der Waals surface area contributed by atoms with Crippen molar-refractivity contribution >= 4 is 57.3 Å². The molecule has 5 aromatic rings. The van der Waals surface area contributed by atoms with Gasteiger partial charge in [-0.2, -0.15) is 0 Å². The Balaban J connectivity index is 1.23. The summed E-state index contributed by atoms with van der Waals surface area (Å²) in [5, 5.41) is 17.2. The van der Waals surface area contributed by atoms with Gasteiger partial charge in [0, 0.05) is 85.2 Å². The van der Waals surface area contributed by atoms with E-state index in [0.717, 1.165) is 38.8 Å². The van der Waals surface area contributed by atoms with Gasteiger partial charge < -0.3 is 56.0 Å². The number of para-hydroxylation sites is 2. The first-order valence-electron chi connectivity index (χ1n) is 20.5. The number of hydrogen-bond donors (Lipinski definition) is 7. The van der Waals surface area contributed by atoms with E-state index in [0.29, 0.717) is 32.2 Å². The lowest BCUT2D eigenvalue weighted by Crippen LogP contribution is -2.51. The number of nitrogens with one attached hydrogen (secondary N) is 5. The molecule has 0 aliphatic rings. The Labute approximate surface area is 354 Å². The number of carboxylic acid groups (broad SMARTS) is 1. The number of amides is 5. The summed E-state index contributed by atoms with van der Waals surface area (Å²) in [5.41, 5.74) is 9.59. The Morgan fingerprint density at radius 1 is 0.705 bits per heavy atom. The van der Waals surface area contributed by atoms with Crippen molar-refractivity contribution in [2.75, 3.05) is 72.0 Å². The lowest BCUT2D eigenvalue weighted by molar-refractivity contribution is -0.148. The molecule has 0 saturated carbocycles. The van der Waals surface area contributed by atoms with Crippen LogP contribution in [-0.4, -0.2) is 158 Å². The third-order valence-electron chi connectivity index (χ3n) is 10.4. The van der Waals surface area contributed by atoms with Crippen LogP contribution in [0.2, 0.25) is 0 Å². The first-order chi connectivity index (χ1) is 29.4. The average molecular weight is 840 g/mol. The van der Waals surface area contributed by atoms with Crippen LogP contribution in [0.4, 0.5) is 0 Å².